The predicted molar refractivity (Wildman–Crippen MR) is 49.8 cm³/mol. The zero-order valence-corrected chi connectivity index (χ0v) is 7.81. The first-order chi connectivity index (χ1) is 5.24. The molecule has 3 heteroatoms. The minimum absolute atomic E-state index is 0.0750. The van der Waals surface area contributed by atoms with Crippen molar-refractivity contribution >= 4 is 11.8 Å². The molecule has 0 heterocycles. The molecule has 3 N–H and O–H groups in total. The highest BCUT2D eigenvalue weighted by Crippen LogP contribution is 2.32. The standard InChI is InChI=1S/C8H17NOS/c1-6(5-9)11-8-4-2-3-7(8)10/h6-8,10H,2-5,9H2,1H3. The first-order valence-corrected chi connectivity index (χ1v) is 5.22. The van der Waals surface area contributed by atoms with Crippen molar-refractivity contribution in [3.05, 3.63) is 0 Å². The first-order valence-electron chi connectivity index (χ1n) is 4.27. The number of nitrogens with two attached hydrogens (primary N) is 1. The lowest BCUT2D eigenvalue weighted by Gasteiger charge is -2.17. The van der Waals surface area contributed by atoms with Crippen LogP contribution in [0.4, 0.5) is 0 Å². The predicted octanol–water partition coefficient (Wildman–Crippen LogP) is 0.980. The molecule has 0 radical (unpaired) electrons. The molecule has 1 saturated carbocycles. The van der Waals surface area contributed by atoms with Crippen LogP contribution < -0.4 is 5.73 Å². The lowest BCUT2D eigenvalue weighted by molar-refractivity contribution is 0.188. The molecule has 1 aliphatic rings. The Morgan fingerprint density at radius 2 is 2.36 bits per heavy atom. The fraction of sp³-hybridized carbons (Fsp3) is 1.00. The second-order valence-electron chi connectivity index (χ2n) is 3.22. The third-order valence-corrected chi connectivity index (χ3v) is 3.71. The molecule has 1 fully saturated rings. The summed E-state index contributed by atoms with van der Waals surface area (Å²) in [4.78, 5) is 0. The van der Waals surface area contributed by atoms with Crippen LogP contribution >= 0.6 is 11.8 Å². The molecule has 2 nitrogen and oxygen atoms in total. The Labute approximate surface area is 72.5 Å². The van der Waals surface area contributed by atoms with Gasteiger partial charge in [-0.15, -0.1) is 0 Å². The van der Waals surface area contributed by atoms with E-state index in [1.165, 1.54) is 6.42 Å². The maximum atomic E-state index is 9.47. The normalized spacial score (nSPS) is 34.1. The van der Waals surface area contributed by atoms with E-state index in [2.05, 4.69) is 6.92 Å². The SMILES string of the molecule is CC(CN)SC1CCCC1O. The van der Waals surface area contributed by atoms with Crippen LogP contribution in [-0.2, 0) is 0 Å². The maximum absolute atomic E-state index is 9.47. The van der Waals surface area contributed by atoms with Gasteiger partial charge in [0.2, 0.25) is 0 Å². The first kappa shape index (κ1) is 9.36. The Morgan fingerprint density at radius 1 is 1.64 bits per heavy atom. The number of hydrogen-bond donors (Lipinski definition) is 2. The summed E-state index contributed by atoms with van der Waals surface area (Å²) in [5.74, 6) is 0. The maximum Gasteiger partial charge on any atom is 0.0658 e. The Kier molecular flexibility index (Phi) is 3.69. The molecule has 0 saturated heterocycles. The molecule has 0 aromatic heterocycles. The summed E-state index contributed by atoms with van der Waals surface area (Å²) >= 11 is 1.84. The van der Waals surface area contributed by atoms with Crippen LogP contribution in [-0.4, -0.2) is 28.3 Å². The average molecular weight is 175 g/mol. The average Bonchev–Trinajstić information content (AvgIpc) is 2.37. The summed E-state index contributed by atoms with van der Waals surface area (Å²) in [6.07, 6.45) is 3.25. The largest absolute Gasteiger partial charge is 0.392 e. The minimum atomic E-state index is -0.0750. The smallest absolute Gasteiger partial charge is 0.0658 e. The summed E-state index contributed by atoms with van der Waals surface area (Å²) in [5, 5.41) is 10.4. The van der Waals surface area contributed by atoms with Gasteiger partial charge in [0.05, 0.1) is 6.10 Å². The van der Waals surface area contributed by atoms with E-state index < -0.39 is 0 Å². The van der Waals surface area contributed by atoms with Crippen molar-refractivity contribution in [1.29, 1.82) is 0 Å². The molecule has 1 aliphatic carbocycles. The van der Waals surface area contributed by atoms with E-state index in [1.54, 1.807) is 0 Å². The zero-order chi connectivity index (χ0) is 8.27. The van der Waals surface area contributed by atoms with Gasteiger partial charge in [0.1, 0.15) is 0 Å². The lowest BCUT2D eigenvalue weighted by atomic mass is 10.3. The molecule has 0 bridgehead atoms. The second kappa shape index (κ2) is 4.33. The topological polar surface area (TPSA) is 46.2 Å². The Morgan fingerprint density at radius 3 is 2.82 bits per heavy atom. The van der Waals surface area contributed by atoms with Gasteiger partial charge in [0, 0.05) is 17.0 Å². The minimum Gasteiger partial charge on any atom is -0.392 e. The van der Waals surface area contributed by atoms with Crippen LogP contribution in [0.1, 0.15) is 26.2 Å². The number of aliphatic hydroxyl groups excluding tert-OH is 1. The molecular formula is C8H17NOS. The van der Waals surface area contributed by atoms with Gasteiger partial charge in [-0.05, 0) is 19.3 Å². The molecule has 0 aliphatic heterocycles. The summed E-state index contributed by atoms with van der Waals surface area (Å²) < 4.78 is 0. The number of rotatable bonds is 3. The number of aliphatic hydroxyl groups is 1. The molecule has 0 aromatic rings. The highest BCUT2D eigenvalue weighted by Gasteiger charge is 2.26. The molecule has 3 unspecified atom stereocenters. The van der Waals surface area contributed by atoms with Gasteiger partial charge in [-0.25, -0.2) is 0 Å². The Bertz CT molecular complexity index is 121. The van der Waals surface area contributed by atoms with Crippen LogP contribution in [0.3, 0.4) is 0 Å². The third kappa shape index (κ3) is 2.65. The molecular weight excluding hydrogens is 158 g/mol. The lowest BCUT2D eigenvalue weighted by Crippen LogP contribution is -2.22. The van der Waals surface area contributed by atoms with Crippen LogP contribution in [0.2, 0.25) is 0 Å². The number of hydrogen-bond acceptors (Lipinski definition) is 3. The molecule has 0 amide bonds. The molecule has 66 valence electrons. The van der Waals surface area contributed by atoms with Gasteiger partial charge in [0.25, 0.3) is 0 Å². The summed E-state index contributed by atoms with van der Waals surface area (Å²) in [6.45, 7) is 2.84. The molecule has 1 rings (SSSR count). The van der Waals surface area contributed by atoms with E-state index in [0.717, 1.165) is 12.8 Å². The molecule has 3 atom stereocenters. The fourth-order valence-electron chi connectivity index (χ4n) is 1.42. The van der Waals surface area contributed by atoms with Crippen molar-refractivity contribution < 1.29 is 5.11 Å². The fourth-order valence-corrected chi connectivity index (χ4v) is 2.75. The van der Waals surface area contributed by atoms with E-state index in [1.807, 2.05) is 11.8 Å². The summed E-state index contributed by atoms with van der Waals surface area (Å²) in [7, 11) is 0. The van der Waals surface area contributed by atoms with Crippen molar-refractivity contribution in [1.82, 2.24) is 0 Å². The van der Waals surface area contributed by atoms with Crippen LogP contribution in [0.15, 0.2) is 0 Å². The Hall–Kier alpha value is 0.270. The van der Waals surface area contributed by atoms with Crippen molar-refractivity contribution in [2.24, 2.45) is 5.73 Å². The van der Waals surface area contributed by atoms with Crippen molar-refractivity contribution in [3.8, 4) is 0 Å². The highest BCUT2D eigenvalue weighted by atomic mass is 32.2. The van der Waals surface area contributed by atoms with Gasteiger partial charge < -0.3 is 10.8 Å². The Balaban J connectivity index is 2.24. The van der Waals surface area contributed by atoms with Crippen molar-refractivity contribution in [2.75, 3.05) is 6.54 Å². The zero-order valence-electron chi connectivity index (χ0n) is 6.99. The quantitative estimate of drug-likeness (QED) is 0.672. The second-order valence-corrected chi connectivity index (χ2v) is 4.90. The summed E-state index contributed by atoms with van der Waals surface area (Å²) in [6, 6.07) is 0. The molecule has 11 heavy (non-hydrogen) atoms. The van der Waals surface area contributed by atoms with Gasteiger partial charge in [-0.3, -0.25) is 0 Å². The van der Waals surface area contributed by atoms with Gasteiger partial charge in [-0.2, -0.15) is 11.8 Å². The van der Waals surface area contributed by atoms with E-state index >= 15 is 0 Å². The summed E-state index contributed by atoms with van der Waals surface area (Å²) in [5.41, 5.74) is 5.49. The van der Waals surface area contributed by atoms with Gasteiger partial charge >= 0.3 is 0 Å². The molecule has 0 spiro atoms. The van der Waals surface area contributed by atoms with Gasteiger partial charge in [0.15, 0.2) is 0 Å². The van der Waals surface area contributed by atoms with Crippen molar-refractivity contribution in [3.63, 3.8) is 0 Å². The van der Waals surface area contributed by atoms with Crippen LogP contribution in [0.5, 0.6) is 0 Å². The van der Waals surface area contributed by atoms with E-state index in [0.29, 0.717) is 17.0 Å². The van der Waals surface area contributed by atoms with E-state index in [4.69, 9.17) is 5.73 Å². The molecule has 0 aromatic carbocycles. The van der Waals surface area contributed by atoms with Crippen molar-refractivity contribution in [2.45, 2.75) is 42.8 Å². The highest BCUT2D eigenvalue weighted by molar-refractivity contribution is 8.00. The van der Waals surface area contributed by atoms with Crippen LogP contribution in [0.25, 0.3) is 0 Å². The van der Waals surface area contributed by atoms with Crippen LogP contribution in [0, 0.1) is 0 Å². The monoisotopic (exact) mass is 175 g/mol. The number of thioether (sulfide) groups is 1. The third-order valence-electron chi connectivity index (χ3n) is 2.16. The van der Waals surface area contributed by atoms with E-state index in [9.17, 15) is 5.11 Å². The van der Waals surface area contributed by atoms with E-state index in [-0.39, 0.29) is 6.10 Å². The van der Waals surface area contributed by atoms with Gasteiger partial charge in [-0.1, -0.05) is 6.92 Å².